The van der Waals surface area contributed by atoms with E-state index in [-0.39, 0.29) is 6.61 Å². The highest BCUT2D eigenvalue weighted by Crippen LogP contribution is 2.14. The molecule has 0 aliphatic rings. The van der Waals surface area contributed by atoms with Crippen LogP contribution in [0.3, 0.4) is 0 Å². The van der Waals surface area contributed by atoms with Crippen molar-refractivity contribution in [2.24, 2.45) is 5.73 Å². The molecule has 0 bridgehead atoms. The zero-order valence-corrected chi connectivity index (χ0v) is 8.83. The number of halogens is 3. The number of nitrogens with zero attached hydrogens (tertiary/aromatic N) is 1. The lowest BCUT2D eigenvalue weighted by molar-refractivity contribution is -0.174. The third-order valence-corrected chi connectivity index (χ3v) is 2.02. The lowest BCUT2D eigenvalue weighted by atomic mass is 10.3. The van der Waals surface area contributed by atoms with E-state index in [2.05, 4.69) is 4.74 Å². The number of hydrogen-bond donors (Lipinski definition) is 1. The molecule has 0 aliphatic carbocycles. The molecule has 6 heteroatoms. The molecular weight excluding hydrogens is 221 g/mol. The molecule has 16 heavy (non-hydrogen) atoms. The summed E-state index contributed by atoms with van der Waals surface area (Å²) in [6.07, 6.45) is 0.0463. The molecule has 0 unspecified atom stereocenters. The van der Waals surface area contributed by atoms with Gasteiger partial charge in [0, 0.05) is 32.1 Å². The van der Waals surface area contributed by atoms with E-state index in [1.807, 2.05) is 23.0 Å². The molecule has 3 nitrogen and oxygen atoms in total. The molecule has 0 radical (unpaired) electrons. The molecule has 0 spiro atoms. The molecule has 0 atom stereocenters. The van der Waals surface area contributed by atoms with E-state index in [1.54, 1.807) is 0 Å². The van der Waals surface area contributed by atoms with E-state index in [0.29, 0.717) is 19.5 Å². The van der Waals surface area contributed by atoms with Gasteiger partial charge in [-0.25, -0.2) is 0 Å². The van der Waals surface area contributed by atoms with Gasteiger partial charge in [0.05, 0.1) is 0 Å². The number of ether oxygens (including phenoxy) is 1. The number of nitrogens with two attached hydrogens (primary N) is 1. The Morgan fingerprint density at radius 2 is 2.12 bits per heavy atom. The number of aromatic nitrogens is 1. The first kappa shape index (κ1) is 13.1. The van der Waals surface area contributed by atoms with Crippen molar-refractivity contribution in [1.29, 1.82) is 0 Å². The van der Waals surface area contributed by atoms with Gasteiger partial charge in [0.15, 0.2) is 0 Å². The zero-order chi connectivity index (χ0) is 12.0. The highest BCUT2D eigenvalue weighted by molar-refractivity contribution is 5.09. The molecule has 0 saturated heterocycles. The number of aryl methyl sites for hydroxylation is 1. The molecule has 0 amide bonds. The molecule has 1 heterocycles. The summed E-state index contributed by atoms with van der Waals surface area (Å²) in [6, 6.07) is 1.89. The van der Waals surface area contributed by atoms with Crippen LogP contribution in [0.2, 0.25) is 0 Å². The van der Waals surface area contributed by atoms with Crippen LogP contribution >= 0.6 is 0 Å². The van der Waals surface area contributed by atoms with Crippen molar-refractivity contribution in [3.63, 3.8) is 0 Å². The maximum absolute atomic E-state index is 11.7. The van der Waals surface area contributed by atoms with Crippen LogP contribution in [0.25, 0.3) is 0 Å². The summed E-state index contributed by atoms with van der Waals surface area (Å²) in [5, 5.41) is 0. The van der Waals surface area contributed by atoms with Crippen molar-refractivity contribution in [1.82, 2.24) is 4.57 Å². The van der Waals surface area contributed by atoms with Crippen molar-refractivity contribution in [2.45, 2.75) is 25.7 Å². The van der Waals surface area contributed by atoms with Gasteiger partial charge < -0.3 is 15.0 Å². The average molecular weight is 236 g/mol. The average Bonchev–Trinajstić information content (AvgIpc) is 2.63. The van der Waals surface area contributed by atoms with Crippen LogP contribution in [0.15, 0.2) is 18.5 Å². The first-order valence-corrected chi connectivity index (χ1v) is 5.00. The van der Waals surface area contributed by atoms with Crippen LogP contribution < -0.4 is 5.73 Å². The summed E-state index contributed by atoms with van der Waals surface area (Å²) in [6.45, 7) is 0.0395. The summed E-state index contributed by atoms with van der Waals surface area (Å²) in [4.78, 5) is 0. The first-order chi connectivity index (χ1) is 7.51. The van der Waals surface area contributed by atoms with Gasteiger partial charge in [0.2, 0.25) is 0 Å². The van der Waals surface area contributed by atoms with Crippen LogP contribution in [0.5, 0.6) is 0 Å². The Balaban J connectivity index is 2.11. The standard InChI is InChI=1S/C10H15F3N2O/c11-10(12,13)8-16-5-1-3-15-4-2-9(6-14)7-15/h2,4,7H,1,3,5-6,8,14H2. The summed E-state index contributed by atoms with van der Waals surface area (Å²) < 4.78 is 41.5. The Labute approximate surface area is 92.0 Å². The lowest BCUT2D eigenvalue weighted by Gasteiger charge is -2.07. The van der Waals surface area contributed by atoms with Crippen LogP contribution in [0.4, 0.5) is 13.2 Å². The molecule has 2 N–H and O–H groups in total. The van der Waals surface area contributed by atoms with E-state index in [1.165, 1.54) is 0 Å². The zero-order valence-electron chi connectivity index (χ0n) is 8.83. The minimum Gasteiger partial charge on any atom is -0.372 e. The van der Waals surface area contributed by atoms with Crippen LogP contribution in [-0.4, -0.2) is 24.0 Å². The van der Waals surface area contributed by atoms with Crippen molar-refractivity contribution in [3.8, 4) is 0 Å². The van der Waals surface area contributed by atoms with Gasteiger partial charge in [0.1, 0.15) is 6.61 Å². The van der Waals surface area contributed by atoms with Gasteiger partial charge in [-0.1, -0.05) is 0 Å². The van der Waals surface area contributed by atoms with Gasteiger partial charge in [-0.3, -0.25) is 0 Å². The predicted octanol–water partition coefficient (Wildman–Crippen LogP) is 1.92. The van der Waals surface area contributed by atoms with Crippen molar-refractivity contribution in [2.75, 3.05) is 13.2 Å². The van der Waals surface area contributed by atoms with Gasteiger partial charge in [-0.15, -0.1) is 0 Å². The van der Waals surface area contributed by atoms with E-state index < -0.39 is 12.8 Å². The number of hydrogen-bond acceptors (Lipinski definition) is 2. The third-order valence-electron chi connectivity index (χ3n) is 2.02. The van der Waals surface area contributed by atoms with Crippen molar-refractivity contribution < 1.29 is 17.9 Å². The molecule has 1 aromatic rings. The smallest absolute Gasteiger partial charge is 0.372 e. The maximum atomic E-state index is 11.7. The normalized spacial score (nSPS) is 12.0. The predicted molar refractivity (Wildman–Crippen MR) is 53.8 cm³/mol. The Bertz CT molecular complexity index is 309. The summed E-state index contributed by atoms with van der Waals surface area (Å²) in [5.41, 5.74) is 6.43. The van der Waals surface area contributed by atoms with E-state index in [0.717, 1.165) is 5.56 Å². The molecule has 1 rings (SSSR count). The minimum absolute atomic E-state index is 0.107. The van der Waals surface area contributed by atoms with Crippen LogP contribution in [-0.2, 0) is 17.8 Å². The summed E-state index contributed by atoms with van der Waals surface area (Å²) in [5.74, 6) is 0. The molecule has 0 saturated carbocycles. The fraction of sp³-hybridized carbons (Fsp3) is 0.600. The van der Waals surface area contributed by atoms with E-state index >= 15 is 0 Å². The largest absolute Gasteiger partial charge is 0.411 e. The quantitative estimate of drug-likeness (QED) is 0.766. The molecular formula is C10H15F3N2O. The second-order valence-corrected chi connectivity index (χ2v) is 3.48. The molecule has 92 valence electrons. The Morgan fingerprint density at radius 1 is 1.38 bits per heavy atom. The molecule has 0 aliphatic heterocycles. The highest BCUT2D eigenvalue weighted by Gasteiger charge is 2.27. The second-order valence-electron chi connectivity index (χ2n) is 3.48. The fourth-order valence-corrected chi connectivity index (χ4v) is 1.29. The van der Waals surface area contributed by atoms with Crippen molar-refractivity contribution >= 4 is 0 Å². The molecule has 0 fully saturated rings. The third kappa shape index (κ3) is 5.18. The van der Waals surface area contributed by atoms with Crippen LogP contribution in [0.1, 0.15) is 12.0 Å². The summed E-state index contributed by atoms with van der Waals surface area (Å²) >= 11 is 0. The topological polar surface area (TPSA) is 40.2 Å². The van der Waals surface area contributed by atoms with Gasteiger partial charge >= 0.3 is 6.18 Å². The Hall–Kier alpha value is -1.01. The SMILES string of the molecule is NCc1ccn(CCCOCC(F)(F)F)c1. The number of alkyl halides is 3. The van der Waals surface area contributed by atoms with Crippen molar-refractivity contribution in [3.05, 3.63) is 24.0 Å². The van der Waals surface area contributed by atoms with E-state index in [4.69, 9.17) is 5.73 Å². The van der Waals surface area contributed by atoms with Crippen LogP contribution in [0, 0.1) is 0 Å². The number of rotatable bonds is 6. The molecule has 0 aromatic carbocycles. The lowest BCUT2D eigenvalue weighted by Crippen LogP contribution is -2.17. The highest BCUT2D eigenvalue weighted by atomic mass is 19.4. The van der Waals surface area contributed by atoms with Gasteiger partial charge in [-0.2, -0.15) is 13.2 Å². The first-order valence-electron chi connectivity index (χ1n) is 5.00. The van der Waals surface area contributed by atoms with E-state index in [9.17, 15) is 13.2 Å². The second kappa shape index (κ2) is 5.91. The Kier molecular flexibility index (Phi) is 4.82. The Morgan fingerprint density at radius 3 is 2.69 bits per heavy atom. The maximum Gasteiger partial charge on any atom is 0.411 e. The minimum atomic E-state index is -4.24. The summed E-state index contributed by atoms with van der Waals surface area (Å²) in [7, 11) is 0. The van der Waals surface area contributed by atoms with Gasteiger partial charge in [-0.05, 0) is 18.1 Å². The fourth-order valence-electron chi connectivity index (χ4n) is 1.29. The monoisotopic (exact) mass is 236 g/mol. The molecule has 1 aromatic heterocycles. The van der Waals surface area contributed by atoms with Gasteiger partial charge in [0.25, 0.3) is 0 Å².